The number of hydrogen-bond acceptors (Lipinski definition) is 9. The van der Waals surface area contributed by atoms with Crippen LogP contribution in [0, 0.1) is 10.1 Å². The maximum absolute atomic E-state index is 12.8. The Bertz CT molecular complexity index is 1440. The molecule has 2 N–H and O–H groups in total. The lowest BCUT2D eigenvalue weighted by Gasteiger charge is -2.26. The molecule has 0 atom stereocenters. The first-order chi connectivity index (χ1) is 18.3. The van der Waals surface area contributed by atoms with Gasteiger partial charge in [0.05, 0.1) is 21.2 Å². The Labute approximate surface area is 221 Å². The molecule has 0 bridgehead atoms. The van der Waals surface area contributed by atoms with Crippen LogP contribution in [0.1, 0.15) is 13.8 Å². The summed E-state index contributed by atoms with van der Waals surface area (Å²) in [4.78, 5) is 19.9. The predicted octanol–water partition coefficient (Wildman–Crippen LogP) is 5.32. The largest absolute Gasteiger partial charge is 0.355 e. The van der Waals surface area contributed by atoms with Gasteiger partial charge < -0.3 is 5.32 Å². The molecule has 0 saturated carbocycles. The second-order valence-electron chi connectivity index (χ2n) is 8.03. The van der Waals surface area contributed by atoms with E-state index in [1.165, 1.54) is 34.9 Å². The van der Waals surface area contributed by atoms with E-state index in [2.05, 4.69) is 20.7 Å². The lowest BCUT2D eigenvalue weighted by Crippen LogP contribution is -2.30. The average Bonchev–Trinajstić information content (AvgIpc) is 2.93. The van der Waals surface area contributed by atoms with Crippen LogP contribution in [-0.4, -0.2) is 40.7 Å². The number of hydrazine groups is 1. The third-order valence-electron chi connectivity index (χ3n) is 5.71. The maximum atomic E-state index is 12.8. The molecule has 1 aromatic heterocycles. The van der Waals surface area contributed by atoms with E-state index < -0.39 is 14.9 Å². The Morgan fingerprint density at radius 3 is 1.84 bits per heavy atom. The Kier molecular flexibility index (Phi) is 8.14. The van der Waals surface area contributed by atoms with Gasteiger partial charge in [0, 0.05) is 18.8 Å². The van der Waals surface area contributed by atoms with Crippen molar-refractivity contribution in [3.05, 3.63) is 101 Å². The molecule has 1 heterocycles. The number of nitrogens with zero attached hydrogens (tertiary/aromatic N) is 5. The predicted molar refractivity (Wildman–Crippen MR) is 147 cm³/mol. The van der Waals surface area contributed by atoms with Gasteiger partial charge in [-0.25, -0.2) is 18.4 Å². The standard InChI is InChI=1S/C26H27N7O4S/c1-3-31(4-2)38(36,37)23-17-15-20(16-18-23)29-25-24(33(34)35)26(28-19-27-25)30-32(21-11-7-5-8-12-21)22-13-9-6-10-14-22/h5-19H,3-4H2,1-2H3,(H2,27,28,29,30). The van der Waals surface area contributed by atoms with E-state index in [-0.39, 0.29) is 22.2 Å². The van der Waals surface area contributed by atoms with Crippen LogP contribution in [0.15, 0.2) is 96.2 Å². The van der Waals surface area contributed by atoms with Crippen LogP contribution in [0.5, 0.6) is 0 Å². The summed E-state index contributed by atoms with van der Waals surface area (Å²) in [5.41, 5.74) is 4.60. The van der Waals surface area contributed by atoms with Gasteiger partial charge in [0.15, 0.2) is 0 Å². The quantitative estimate of drug-likeness (QED) is 0.194. The smallest absolute Gasteiger partial charge is 0.334 e. The van der Waals surface area contributed by atoms with Gasteiger partial charge in [-0.1, -0.05) is 50.2 Å². The summed E-state index contributed by atoms with van der Waals surface area (Å²) in [5, 5.41) is 16.8. The first kappa shape index (κ1) is 26.5. The Morgan fingerprint density at radius 1 is 0.816 bits per heavy atom. The number of para-hydroxylation sites is 2. The first-order valence-electron chi connectivity index (χ1n) is 11.9. The van der Waals surface area contributed by atoms with Crippen molar-refractivity contribution < 1.29 is 13.3 Å². The summed E-state index contributed by atoms with van der Waals surface area (Å²) in [6.45, 7) is 4.25. The van der Waals surface area contributed by atoms with E-state index in [9.17, 15) is 18.5 Å². The molecule has 0 aliphatic rings. The molecule has 0 radical (unpaired) electrons. The molecule has 0 unspecified atom stereocenters. The van der Waals surface area contributed by atoms with E-state index in [1.54, 1.807) is 18.9 Å². The van der Waals surface area contributed by atoms with E-state index in [0.717, 1.165) is 11.4 Å². The molecule has 0 fully saturated rings. The number of nitrogens with one attached hydrogen (secondary N) is 2. The van der Waals surface area contributed by atoms with Crippen LogP contribution < -0.4 is 15.8 Å². The molecule has 196 valence electrons. The lowest BCUT2D eigenvalue weighted by atomic mass is 10.2. The number of nitro groups is 1. The minimum absolute atomic E-state index is 0.0269. The van der Waals surface area contributed by atoms with Gasteiger partial charge in [-0.2, -0.15) is 4.31 Å². The molecular weight excluding hydrogens is 506 g/mol. The molecule has 11 nitrogen and oxygen atoms in total. The third-order valence-corrected chi connectivity index (χ3v) is 7.78. The fourth-order valence-corrected chi connectivity index (χ4v) is 5.28. The van der Waals surface area contributed by atoms with Crippen LogP contribution in [0.4, 0.5) is 34.4 Å². The van der Waals surface area contributed by atoms with E-state index in [0.29, 0.717) is 18.8 Å². The van der Waals surface area contributed by atoms with E-state index in [4.69, 9.17) is 0 Å². The van der Waals surface area contributed by atoms with Crippen LogP contribution >= 0.6 is 0 Å². The lowest BCUT2D eigenvalue weighted by molar-refractivity contribution is -0.383. The second kappa shape index (κ2) is 11.7. The van der Waals surface area contributed by atoms with Crippen LogP contribution in [0.25, 0.3) is 0 Å². The molecule has 12 heteroatoms. The molecule has 38 heavy (non-hydrogen) atoms. The van der Waals surface area contributed by atoms with Gasteiger partial charge in [0.2, 0.25) is 21.7 Å². The average molecular weight is 534 g/mol. The summed E-state index contributed by atoms with van der Waals surface area (Å²) in [6.07, 6.45) is 1.21. The Balaban J connectivity index is 1.66. The molecule has 4 rings (SSSR count). The minimum atomic E-state index is -3.63. The molecule has 0 spiro atoms. The van der Waals surface area contributed by atoms with Gasteiger partial charge in [-0.15, -0.1) is 0 Å². The van der Waals surface area contributed by atoms with Crippen LogP contribution in [0.2, 0.25) is 0 Å². The summed E-state index contributed by atoms with van der Waals surface area (Å²) < 4.78 is 26.9. The molecule has 3 aromatic carbocycles. The monoisotopic (exact) mass is 533 g/mol. The number of aromatic nitrogens is 2. The highest BCUT2D eigenvalue weighted by Crippen LogP contribution is 2.34. The van der Waals surface area contributed by atoms with Gasteiger partial charge in [-0.3, -0.25) is 20.5 Å². The minimum Gasteiger partial charge on any atom is -0.334 e. The fraction of sp³-hybridized carbons (Fsp3) is 0.154. The zero-order valence-corrected chi connectivity index (χ0v) is 21.7. The van der Waals surface area contributed by atoms with Crippen molar-refractivity contribution in [2.24, 2.45) is 0 Å². The van der Waals surface area contributed by atoms with E-state index >= 15 is 0 Å². The molecule has 4 aromatic rings. The van der Waals surface area contributed by atoms with Gasteiger partial charge in [-0.05, 0) is 48.5 Å². The first-order valence-corrected chi connectivity index (χ1v) is 13.3. The SMILES string of the molecule is CCN(CC)S(=O)(=O)c1ccc(Nc2ncnc(NN(c3ccccc3)c3ccccc3)c2[N+](=O)[O-])cc1. The van der Waals surface area contributed by atoms with E-state index in [1.807, 2.05) is 60.7 Å². The number of sulfonamides is 1. The van der Waals surface area contributed by atoms with Crippen molar-refractivity contribution in [1.82, 2.24) is 14.3 Å². The number of benzene rings is 3. The van der Waals surface area contributed by atoms with Gasteiger partial charge in [0.25, 0.3) is 0 Å². The number of hydrogen-bond donors (Lipinski definition) is 2. The van der Waals surface area contributed by atoms with Crippen molar-refractivity contribution in [3.63, 3.8) is 0 Å². The maximum Gasteiger partial charge on any atom is 0.355 e. The highest BCUT2D eigenvalue weighted by Gasteiger charge is 2.26. The molecule has 0 amide bonds. The highest BCUT2D eigenvalue weighted by molar-refractivity contribution is 7.89. The van der Waals surface area contributed by atoms with Crippen molar-refractivity contribution in [2.75, 3.05) is 28.8 Å². The number of rotatable bonds is 11. The molecule has 0 aliphatic heterocycles. The zero-order chi connectivity index (χ0) is 27.1. The fourth-order valence-electron chi connectivity index (χ4n) is 3.82. The highest BCUT2D eigenvalue weighted by atomic mass is 32.2. The van der Waals surface area contributed by atoms with Crippen LogP contribution in [0.3, 0.4) is 0 Å². The topological polar surface area (TPSA) is 134 Å². The Hall–Kier alpha value is -4.55. The molecule has 0 saturated heterocycles. The molecular formula is C26H27N7O4S. The van der Waals surface area contributed by atoms with Crippen molar-refractivity contribution in [2.45, 2.75) is 18.7 Å². The number of anilines is 5. The van der Waals surface area contributed by atoms with Crippen molar-refractivity contribution in [1.29, 1.82) is 0 Å². The van der Waals surface area contributed by atoms with Crippen LogP contribution in [-0.2, 0) is 10.0 Å². The summed E-state index contributed by atoms with van der Waals surface area (Å²) in [7, 11) is -3.63. The molecule has 0 aliphatic carbocycles. The van der Waals surface area contributed by atoms with Crippen molar-refractivity contribution >= 4 is 44.4 Å². The summed E-state index contributed by atoms with van der Waals surface area (Å²) >= 11 is 0. The van der Waals surface area contributed by atoms with Crippen molar-refractivity contribution in [3.8, 4) is 0 Å². The zero-order valence-electron chi connectivity index (χ0n) is 20.9. The summed E-state index contributed by atoms with van der Waals surface area (Å²) in [6, 6.07) is 24.6. The second-order valence-corrected chi connectivity index (χ2v) is 9.97. The van der Waals surface area contributed by atoms with Gasteiger partial charge >= 0.3 is 5.69 Å². The summed E-state index contributed by atoms with van der Waals surface area (Å²) in [5.74, 6) is -0.0751. The third kappa shape index (κ3) is 5.71. The normalized spacial score (nSPS) is 11.2. The van der Waals surface area contributed by atoms with Gasteiger partial charge in [0.1, 0.15) is 6.33 Å². The Morgan fingerprint density at radius 2 is 1.34 bits per heavy atom.